The number of nitrogens with one attached hydrogen (secondary N) is 1. The van der Waals surface area contributed by atoms with Gasteiger partial charge in [-0.15, -0.1) is 10.2 Å². The molecule has 3 rings (SSSR count). The van der Waals surface area contributed by atoms with Gasteiger partial charge in [0.25, 0.3) is 0 Å². The third kappa shape index (κ3) is 4.23. The predicted octanol–water partition coefficient (Wildman–Crippen LogP) is 3.44. The number of nitrogens with zero attached hydrogens (tertiary/aromatic N) is 3. The molecule has 0 aliphatic carbocycles. The van der Waals surface area contributed by atoms with Crippen LogP contribution in [-0.4, -0.2) is 47.9 Å². The number of rotatable bonds is 7. The summed E-state index contributed by atoms with van der Waals surface area (Å²) in [5, 5.41) is 11.3. The molecular formula is C19H26N4O. The van der Waals surface area contributed by atoms with E-state index in [2.05, 4.69) is 27.3 Å². The van der Waals surface area contributed by atoms with Crippen molar-refractivity contribution >= 4 is 5.82 Å². The standard InChI is InChI=1S/C19H26N4O/c1-15-5-3-12-23(15)13-4-14-24-17-8-6-16(7-9-17)18-10-11-19(20-2)22-21-18/h6-11,15H,3-5,12-14H2,1-2H3,(H,20,22). The summed E-state index contributed by atoms with van der Waals surface area (Å²) in [7, 11) is 1.83. The van der Waals surface area contributed by atoms with Crippen molar-refractivity contribution in [2.45, 2.75) is 32.2 Å². The van der Waals surface area contributed by atoms with Crippen molar-refractivity contribution in [1.82, 2.24) is 15.1 Å². The Labute approximate surface area is 144 Å². The summed E-state index contributed by atoms with van der Waals surface area (Å²) >= 11 is 0. The van der Waals surface area contributed by atoms with Crippen molar-refractivity contribution in [3.05, 3.63) is 36.4 Å². The molecule has 128 valence electrons. The molecule has 24 heavy (non-hydrogen) atoms. The lowest BCUT2D eigenvalue weighted by molar-refractivity contribution is 0.230. The summed E-state index contributed by atoms with van der Waals surface area (Å²) in [6.45, 7) is 5.45. The molecule has 1 atom stereocenters. The summed E-state index contributed by atoms with van der Waals surface area (Å²) in [5.74, 6) is 1.68. The monoisotopic (exact) mass is 326 g/mol. The Hall–Kier alpha value is -2.14. The molecule has 1 aliphatic heterocycles. The number of hydrogen-bond acceptors (Lipinski definition) is 5. The van der Waals surface area contributed by atoms with Crippen LogP contribution in [0.3, 0.4) is 0 Å². The highest BCUT2D eigenvalue weighted by atomic mass is 16.5. The maximum absolute atomic E-state index is 5.86. The van der Waals surface area contributed by atoms with E-state index in [9.17, 15) is 0 Å². The zero-order valence-electron chi connectivity index (χ0n) is 14.5. The van der Waals surface area contributed by atoms with Gasteiger partial charge in [-0.1, -0.05) is 0 Å². The van der Waals surface area contributed by atoms with E-state index in [4.69, 9.17) is 4.74 Å². The van der Waals surface area contributed by atoms with Gasteiger partial charge in [-0.05, 0) is 69.1 Å². The smallest absolute Gasteiger partial charge is 0.148 e. The highest BCUT2D eigenvalue weighted by molar-refractivity contribution is 5.60. The Kier molecular flexibility index (Phi) is 5.64. The van der Waals surface area contributed by atoms with E-state index in [0.717, 1.165) is 48.4 Å². The van der Waals surface area contributed by atoms with Gasteiger partial charge in [0.05, 0.1) is 12.3 Å². The van der Waals surface area contributed by atoms with E-state index >= 15 is 0 Å². The van der Waals surface area contributed by atoms with E-state index in [1.807, 2.05) is 43.4 Å². The minimum atomic E-state index is 0.736. The molecule has 1 N–H and O–H groups in total. The first-order valence-electron chi connectivity index (χ1n) is 8.75. The van der Waals surface area contributed by atoms with Crippen LogP contribution in [-0.2, 0) is 0 Å². The van der Waals surface area contributed by atoms with Crippen LogP contribution in [0.1, 0.15) is 26.2 Å². The molecular weight excluding hydrogens is 300 g/mol. The van der Waals surface area contributed by atoms with Crippen LogP contribution < -0.4 is 10.1 Å². The number of ether oxygens (including phenoxy) is 1. The molecule has 1 saturated heterocycles. The maximum Gasteiger partial charge on any atom is 0.148 e. The highest BCUT2D eigenvalue weighted by Gasteiger charge is 2.18. The number of aromatic nitrogens is 2. The summed E-state index contributed by atoms with van der Waals surface area (Å²) < 4.78 is 5.86. The van der Waals surface area contributed by atoms with Gasteiger partial charge in [-0.3, -0.25) is 0 Å². The van der Waals surface area contributed by atoms with Crippen LogP contribution in [0.5, 0.6) is 5.75 Å². The third-order valence-corrected chi connectivity index (χ3v) is 4.62. The van der Waals surface area contributed by atoms with E-state index in [0.29, 0.717) is 0 Å². The lowest BCUT2D eigenvalue weighted by Crippen LogP contribution is -2.28. The Balaban J connectivity index is 1.47. The molecule has 2 aromatic rings. The average Bonchev–Trinajstić information content (AvgIpc) is 3.04. The first-order valence-corrected chi connectivity index (χ1v) is 8.75. The quantitative estimate of drug-likeness (QED) is 0.790. The van der Waals surface area contributed by atoms with Crippen molar-refractivity contribution in [2.24, 2.45) is 0 Å². The molecule has 1 unspecified atom stereocenters. The van der Waals surface area contributed by atoms with E-state index in [-0.39, 0.29) is 0 Å². The molecule has 0 radical (unpaired) electrons. The number of likely N-dealkylation sites (tertiary alicyclic amines) is 1. The van der Waals surface area contributed by atoms with Gasteiger partial charge < -0.3 is 15.0 Å². The summed E-state index contributed by atoms with van der Waals surface area (Å²) in [6, 6.07) is 12.7. The fraction of sp³-hybridized carbons (Fsp3) is 0.474. The molecule has 0 spiro atoms. The average molecular weight is 326 g/mol. The van der Waals surface area contributed by atoms with Crippen LogP contribution >= 0.6 is 0 Å². The summed E-state index contributed by atoms with van der Waals surface area (Å²) in [6.07, 6.45) is 3.74. The minimum absolute atomic E-state index is 0.736. The van der Waals surface area contributed by atoms with Gasteiger partial charge in [0.2, 0.25) is 0 Å². The van der Waals surface area contributed by atoms with Crippen molar-refractivity contribution in [3.8, 4) is 17.0 Å². The molecule has 0 bridgehead atoms. The topological polar surface area (TPSA) is 50.3 Å². The van der Waals surface area contributed by atoms with Gasteiger partial charge in [0, 0.05) is 25.2 Å². The highest BCUT2D eigenvalue weighted by Crippen LogP contribution is 2.21. The number of anilines is 1. The van der Waals surface area contributed by atoms with Crippen LogP contribution in [0.4, 0.5) is 5.82 Å². The largest absolute Gasteiger partial charge is 0.494 e. The van der Waals surface area contributed by atoms with Gasteiger partial charge in [-0.25, -0.2) is 0 Å². The third-order valence-electron chi connectivity index (χ3n) is 4.62. The van der Waals surface area contributed by atoms with E-state index < -0.39 is 0 Å². The zero-order chi connectivity index (χ0) is 16.8. The Morgan fingerprint density at radius 1 is 1.17 bits per heavy atom. The summed E-state index contributed by atoms with van der Waals surface area (Å²) in [4.78, 5) is 2.56. The van der Waals surface area contributed by atoms with Crippen LogP contribution in [0.15, 0.2) is 36.4 Å². The van der Waals surface area contributed by atoms with Gasteiger partial charge >= 0.3 is 0 Å². The van der Waals surface area contributed by atoms with Crippen LogP contribution in [0.2, 0.25) is 0 Å². The second-order valence-electron chi connectivity index (χ2n) is 6.31. The molecule has 1 fully saturated rings. The van der Waals surface area contributed by atoms with Crippen LogP contribution in [0, 0.1) is 0 Å². The molecule has 1 aromatic heterocycles. The molecule has 0 saturated carbocycles. The number of benzene rings is 1. The maximum atomic E-state index is 5.86. The van der Waals surface area contributed by atoms with Gasteiger partial charge in [-0.2, -0.15) is 0 Å². The Morgan fingerprint density at radius 3 is 2.62 bits per heavy atom. The van der Waals surface area contributed by atoms with Gasteiger partial charge in [0.1, 0.15) is 11.6 Å². The molecule has 1 aliphatic rings. The first kappa shape index (κ1) is 16.7. The second kappa shape index (κ2) is 8.11. The van der Waals surface area contributed by atoms with Crippen molar-refractivity contribution in [1.29, 1.82) is 0 Å². The van der Waals surface area contributed by atoms with Crippen molar-refractivity contribution in [3.63, 3.8) is 0 Å². The molecule has 5 heteroatoms. The predicted molar refractivity (Wildman–Crippen MR) is 97.4 cm³/mol. The lowest BCUT2D eigenvalue weighted by atomic mass is 10.1. The van der Waals surface area contributed by atoms with Crippen molar-refractivity contribution in [2.75, 3.05) is 32.1 Å². The molecule has 0 amide bonds. The first-order chi connectivity index (χ1) is 11.8. The fourth-order valence-corrected chi connectivity index (χ4v) is 3.12. The van der Waals surface area contributed by atoms with Crippen LogP contribution in [0.25, 0.3) is 11.3 Å². The van der Waals surface area contributed by atoms with Crippen molar-refractivity contribution < 1.29 is 4.74 Å². The molecule has 2 heterocycles. The number of hydrogen-bond donors (Lipinski definition) is 1. The fourth-order valence-electron chi connectivity index (χ4n) is 3.12. The van der Waals surface area contributed by atoms with E-state index in [1.165, 1.54) is 19.4 Å². The Bertz CT molecular complexity index is 627. The molecule has 5 nitrogen and oxygen atoms in total. The molecule has 1 aromatic carbocycles. The lowest BCUT2D eigenvalue weighted by Gasteiger charge is -2.20. The second-order valence-corrected chi connectivity index (χ2v) is 6.31. The zero-order valence-corrected chi connectivity index (χ0v) is 14.5. The summed E-state index contributed by atoms with van der Waals surface area (Å²) in [5.41, 5.74) is 1.91. The normalized spacial score (nSPS) is 17.8. The minimum Gasteiger partial charge on any atom is -0.494 e. The van der Waals surface area contributed by atoms with E-state index in [1.54, 1.807) is 0 Å². The SMILES string of the molecule is CNc1ccc(-c2ccc(OCCCN3CCCC3C)cc2)nn1. The van der Waals surface area contributed by atoms with Gasteiger partial charge in [0.15, 0.2) is 0 Å². The Morgan fingerprint density at radius 2 is 2.00 bits per heavy atom.